The Kier molecular flexibility index (Phi) is 6.90. The van der Waals surface area contributed by atoms with Gasteiger partial charge in [-0.1, -0.05) is 59.5 Å². The highest BCUT2D eigenvalue weighted by Gasteiger charge is 2.28. The molecule has 0 fully saturated rings. The summed E-state index contributed by atoms with van der Waals surface area (Å²) in [5.41, 5.74) is 1.50. The van der Waals surface area contributed by atoms with E-state index in [1.54, 1.807) is 18.2 Å². The second kappa shape index (κ2) is 9.14. The van der Waals surface area contributed by atoms with E-state index in [4.69, 9.17) is 34.4 Å². The van der Waals surface area contributed by atoms with Crippen LogP contribution >= 0.6 is 23.2 Å². The van der Waals surface area contributed by atoms with Crippen LogP contribution in [0.4, 0.5) is 0 Å². The molecule has 0 aromatic heterocycles. The lowest BCUT2D eigenvalue weighted by Gasteiger charge is -2.22. The van der Waals surface area contributed by atoms with Crippen molar-refractivity contribution >= 4 is 29.2 Å². The normalized spacial score (nSPS) is 12.5. The Morgan fingerprint density at radius 2 is 1.76 bits per heavy atom. The van der Waals surface area contributed by atoms with Gasteiger partial charge in [0.05, 0.1) is 18.4 Å². The Morgan fingerprint density at radius 3 is 2.32 bits per heavy atom. The summed E-state index contributed by atoms with van der Waals surface area (Å²) in [6, 6.07) is 16.6. The number of rotatable bonds is 6. The molecule has 126 valence electrons. The van der Waals surface area contributed by atoms with Gasteiger partial charge in [0.25, 0.3) is 0 Å². The minimum absolute atomic E-state index is 0.00846. The molecule has 2 rings (SSSR count). The number of carbonyl (C=O) groups excluding carboxylic acids is 1. The summed E-state index contributed by atoms with van der Waals surface area (Å²) in [6.07, 6.45) is 5.11. The summed E-state index contributed by atoms with van der Waals surface area (Å²) in [6.45, 7) is -0.107. The van der Waals surface area contributed by atoms with E-state index in [2.05, 4.69) is 12.0 Å². The molecule has 0 N–H and O–H groups in total. The van der Waals surface area contributed by atoms with Gasteiger partial charge in [0.1, 0.15) is 0 Å². The third-order valence-corrected chi connectivity index (χ3v) is 4.15. The number of benzene rings is 2. The molecule has 3 nitrogen and oxygen atoms in total. The van der Waals surface area contributed by atoms with Gasteiger partial charge < -0.3 is 4.74 Å². The van der Waals surface area contributed by atoms with Gasteiger partial charge in [-0.2, -0.15) is 5.26 Å². The van der Waals surface area contributed by atoms with Crippen molar-refractivity contribution in [3.8, 4) is 18.4 Å². The molecule has 0 amide bonds. The van der Waals surface area contributed by atoms with Gasteiger partial charge in [-0.15, -0.1) is 6.42 Å². The molecule has 2 unspecified atom stereocenters. The number of hydrogen-bond acceptors (Lipinski definition) is 3. The molecule has 2 atom stereocenters. The Labute approximate surface area is 157 Å². The van der Waals surface area contributed by atoms with E-state index in [1.807, 2.05) is 30.3 Å². The molecule has 25 heavy (non-hydrogen) atoms. The number of terminal acetylenes is 1. The lowest BCUT2D eigenvalue weighted by Crippen LogP contribution is -2.17. The summed E-state index contributed by atoms with van der Waals surface area (Å²) in [5, 5.41) is 10.6. The average molecular weight is 372 g/mol. The highest BCUT2D eigenvalue weighted by molar-refractivity contribution is 6.34. The van der Waals surface area contributed by atoms with Crippen LogP contribution in [0.15, 0.2) is 48.5 Å². The zero-order valence-electron chi connectivity index (χ0n) is 13.3. The lowest BCUT2D eigenvalue weighted by atomic mass is 9.80. The largest absolute Gasteiger partial charge is 0.452 e. The molecule has 0 aliphatic rings. The molecule has 0 spiro atoms. The van der Waals surface area contributed by atoms with Crippen molar-refractivity contribution in [2.24, 2.45) is 0 Å². The number of esters is 1. The molecule has 0 aliphatic carbocycles. The van der Waals surface area contributed by atoms with Crippen molar-refractivity contribution in [3.05, 3.63) is 69.7 Å². The monoisotopic (exact) mass is 371 g/mol. The SMILES string of the molecule is C#CCOC(=O)CC(c1cc(Cl)cc(Cl)c1)C(C#N)c1ccccc1. The van der Waals surface area contributed by atoms with E-state index in [9.17, 15) is 10.1 Å². The zero-order valence-corrected chi connectivity index (χ0v) is 14.8. The van der Waals surface area contributed by atoms with Gasteiger partial charge >= 0.3 is 5.97 Å². The lowest BCUT2D eigenvalue weighted by molar-refractivity contribution is -0.142. The van der Waals surface area contributed by atoms with E-state index < -0.39 is 17.8 Å². The van der Waals surface area contributed by atoms with Gasteiger partial charge in [0.2, 0.25) is 0 Å². The standard InChI is InChI=1S/C20H15Cl2NO2/c1-2-8-25-20(24)12-18(15-9-16(21)11-17(22)10-15)19(13-23)14-6-4-3-5-7-14/h1,3-7,9-11,18-19H,8,12H2. The van der Waals surface area contributed by atoms with Gasteiger partial charge in [0, 0.05) is 16.0 Å². The maximum atomic E-state index is 12.1. The molecule has 0 radical (unpaired) electrons. The van der Waals surface area contributed by atoms with Crippen LogP contribution in [0.1, 0.15) is 29.4 Å². The molecule has 2 aromatic carbocycles. The summed E-state index contributed by atoms with van der Waals surface area (Å²) < 4.78 is 4.98. The van der Waals surface area contributed by atoms with Crippen LogP contribution in [-0.4, -0.2) is 12.6 Å². The number of nitriles is 1. The molecular formula is C20H15Cl2NO2. The van der Waals surface area contributed by atoms with Crippen molar-refractivity contribution in [2.75, 3.05) is 6.61 Å². The average Bonchev–Trinajstić information content (AvgIpc) is 2.60. The Hall–Kier alpha value is -2.46. The molecular weight excluding hydrogens is 357 g/mol. The Balaban J connectivity index is 2.42. The number of ether oxygens (including phenoxy) is 1. The van der Waals surface area contributed by atoms with Crippen LogP contribution < -0.4 is 0 Å². The first-order valence-corrected chi connectivity index (χ1v) is 8.30. The first kappa shape index (κ1) is 18.9. The first-order chi connectivity index (χ1) is 12.0. The van der Waals surface area contributed by atoms with Gasteiger partial charge in [0.15, 0.2) is 6.61 Å². The second-order valence-corrected chi connectivity index (χ2v) is 6.27. The molecule has 0 saturated heterocycles. The van der Waals surface area contributed by atoms with Crippen LogP contribution in [0, 0.1) is 23.7 Å². The molecule has 5 heteroatoms. The minimum Gasteiger partial charge on any atom is -0.452 e. The quantitative estimate of drug-likeness (QED) is 0.533. The first-order valence-electron chi connectivity index (χ1n) is 7.54. The zero-order chi connectivity index (χ0) is 18.2. The van der Waals surface area contributed by atoms with E-state index in [0.717, 1.165) is 5.56 Å². The Bertz CT molecular complexity index is 802. The fourth-order valence-corrected chi connectivity index (χ4v) is 3.18. The molecule has 0 bridgehead atoms. The van der Waals surface area contributed by atoms with E-state index >= 15 is 0 Å². The Morgan fingerprint density at radius 1 is 1.12 bits per heavy atom. The molecule has 0 heterocycles. The van der Waals surface area contributed by atoms with Gasteiger partial charge in [-0.3, -0.25) is 4.79 Å². The fraction of sp³-hybridized carbons (Fsp3) is 0.200. The van der Waals surface area contributed by atoms with Crippen molar-refractivity contribution in [3.63, 3.8) is 0 Å². The van der Waals surface area contributed by atoms with E-state index in [1.165, 1.54) is 0 Å². The van der Waals surface area contributed by atoms with Gasteiger partial charge in [-0.25, -0.2) is 0 Å². The predicted molar refractivity (Wildman–Crippen MR) is 98.4 cm³/mol. The third kappa shape index (κ3) is 5.26. The molecule has 0 saturated carbocycles. The summed E-state index contributed by atoms with van der Waals surface area (Å²) in [4.78, 5) is 12.1. The number of carbonyl (C=O) groups is 1. The van der Waals surface area contributed by atoms with Crippen LogP contribution in [0.3, 0.4) is 0 Å². The van der Waals surface area contributed by atoms with Crippen molar-refractivity contribution in [2.45, 2.75) is 18.3 Å². The van der Waals surface area contributed by atoms with Crippen LogP contribution in [0.5, 0.6) is 0 Å². The van der Waals surface area contributed by atoms with E-state index in [0.29, 0.717) is 15.6 Å². The minimum atomic E-state index is -0.561. The smallest absolute Gasteiger partial charge is 0.307 e. The van der Waals surface area contributed by atoms with Crippen molar-refractivity contribution in [1.29, 1.82) is 5.26 Å². The van der Waals surface area contributed by atoms with Gasteiger partial charge in [-0.05, 0) is 29.3 Å². The number of nitrogens with zero attached hydrogens (tertiary/aromatic N) is 1. The fourth-order valence-electron chi connectivity index (χ4n) is 2.64. The van der Waals surface area contributed by atoms with Crippen LogP contribution in [-0.2, 0) is 9.53 Å². The molecule has 2 aromatic rings. The summed E-state index contributed by atoms with van der Waals surface area (Å²) in [7, 11) is 0. The highest BCUT2D eigenvalue weighted by atomic mass is 35.5. The maximum Gasteiger partial charge on any atom is 0.307 e. The topological polar surface area (TPSA) is 50.1 Å². The van der Waals surface area contributed by atoms with Crippen molar-refractivity contribution in [1.82, 2.24) is 0 Å². The second-order valence-electron chi connectivity index (χ2n) is 5.40. The third-order valence-electron chi connectivity index (χ3n) is 3.72. The van der Waals surface area contributed by atoms with Crippen LogP contribution in [0.25, 0.3) is 0 Å². The molecule has 0 aliphatic heterocycles. The maximum absolute atomic E-state index is 12.1. The predicted octanol–water partition coefficient (Wildman–Crippen LogP) is 4.95. The van der Waals surface area contributed by atoms with E-state index in [-0.39, 0.29) is 13.0 Å². The number of halogens is 2. The van der Waals surface area contributed by atoms with Crippen LogP contribution in [0.2, 0.25) is 10.0 Å². The summed E-state index contributed by atoms with van der Waals surface area (Å²) in [5.74, 6) is 0.753. The summed E-state index contributed by atoms with van der Waals surface area (Å²) >= 11 is 12.2. The van der Waals surface area contributed by atoms with Crippen molar-refractivity contribution < 1.29 is 9.53 Å². The number of hydrogen-bond donors (Lipinski definition) is 0. The highest BCUT2D eigenvalue weighted by Crippen LogP contribution is 2.37.